The first-order chi connectivity index (χ1) is 9.21. The van der Waals surface area contributed by atoms with E-state index in [0.29, 0.717) is 11.9 Å². The summed E-state index contributed by atoms with van der Waals surface area (Å²) in [6, 6.07) is 0.508. The van der Waals surface area contributed by atoms with Crippen molar-refractivity contribution in [3.8, 4) is 0 Å². The molecule has 2 aliphatic rings. The van der Waals surface area contributed by atoms with E-state index in [1.54, 1.807) is 0 Å². The van der Waals surface area contributed by atoms with Gasteiger partial charge in [-0.1, -0.05) is 20.8 Å². The molecular weight excluding hydrogens is 238 g/mol. The van der Waals surface area contributed by atoms with Gasteiger partial charge in [-0.05, 0) is 38.6 Å². The Morgan fingerprint density at radius 3 is 2.37 bits per heavy atom. The van der Waals surface area contributed by atoms with Crippen LogP contribution in [0.5, 0.6) is 0 Å². The third-order valence-corrected chi connectivity index (χ3v) is 4.57. The molecule has 19 heavy (non-hydrogen) atoms. The van der Waals surface area contributed by atoms with Crippen molar-refractivity contribution in [2.45, 2.75) is 71.1 Å². The Balaban J connectivity index is 1.95. The summed E-state index contributed by atoms with van der Waals surface area (Å²) >= 11 is 0. The standard InChI is InChI=1S/C15H29N3O/c1-4-9-17-10-7-12(8-11-17)18-14(6-3)16-13(5-2)15(18)19/h12-14,16H,4-11H2,1-3H3. The number of amides is 1. The van der Waals surface area contributed by atoms with Crippen LogP contribution in [0, 0.1) is 0 Å². The van der Waals surface area contributed by atoms with Crippen LogP contribution in [0.4, 0.5) is 0 Å². The third kappa shape index (κ3) is 3.11. The summed E-state index contributed by atoms with van der Waals surface area (Å²) in [7, 11) is 0. The third-order valence-electron chi connectivity index (χ3n) is 4.57. The highest BCUT2D eigenvalue weighted by Gasteiger charge is 2.41. The molecule has 0 aromatic rings. The minimum absolute atomic E-state index is 0.0543. The zero-order valence-corrected chi connectivity index (χ0v) is 12.7. The maximum Gasteiger partial charge on any atom is 0.241 e. The number of hydrogen-bond donors (Lipinski definition) is 1. The molecule has 2 rings (SSSR count). The van der Waals surface area contributed by atoms with Crippen molar-refractivity contribution in [1.29, 1.82) is 0 Å². The van der Waals surface area contributed by atoms with Crippen LogP contribution in [0.15, 0.2) is 0 Å². The van der Waals surface area contributed by atoms with Gasteiger partial charge in [-0.3, -0.25) is 10.1 Å². The van der Waals surface area contributed by atoms with Crippen LogP contribution in [0.25, 0.3) is 0 Å². The first-order valence-corrected chi connectivity index (χ1v) is 8.01. The zero-order chi connectivity index (χ0) is 13.8. The van der Waals surface area contributed by atoms with Crippen molar-refractivity contribution < 1.29 is 4.79 Å². The van der Waals surface area contributed by atoms with Gasteiger partial charge in [0.2, 0.25) is 5.91 Å². The Kier molecular flexibility index (Phi) is 5.22. The quantitative estimate of drug-likeness (QED) is 0.825. The lowest BCUT2D eigenvalue weighted by Crippen LogP contribution is -2.49. The second-order valence-electron chi connectivity index (χ2n) is 5.87. The Morgan fingerprint density at radius 2 is 1.84 bits per heavy atom. The van der Waals surface area contributed by atoms with Crippen LogP contribution in [-0.4, -0.2) is 53.6 Å². The van der Waals surface area contributed by atoms with Crippen molar-refractivity contribution in [3.05, 3.63) is 0 Å². The Morgan fingerprint density at radius 1 is 1.16 bits per heavy atom. The monoisotopic (exact) mass is 267 g/mol. The van der Waals surface area contributed by atoms with E-state index >= 15 is 0 Å². The van der Waals surface area contributed by atoms with Crippen LogP contribution in [0.3, 0.4) is 0 Å². The van der Waals surface area contributed by atoms with Gasteiger partial charge in [0.15, 0.2) is 0 Å². The van der Waals surface area contributed by atoms with Gasteiger partial charge < -0.3 is 9.80 Å². The molecule has 0 bridgehead atoms. The second-order valence-corrected chi connectivity index (χ2v) is 5.87. The van der Waals surface area contributed by atoms with Gasteiger partial charge in [-0.25, -0.2) is 0 Å². The molecule has 2 atom stereocenters. The summed E-state index contributed by atoms with van der Waals surface area (Å²) < 4.78 is 0. The minimum atomic E-state index is 0.0543. The molecule has 4 nitrogen and oxygen atoms in total. The molecule has 0 aromatic carbocycles. The Hall–Kier alpha value is -0.610. The van der Waals surface area contributed by atoms with Gasteiger partial charge in [0.1, 0.15) is 0 Å². The van der Waals surface area contributed by atoms with Crippen molar-refractivity contribution >= 4 is 5.91 Å². The molecule has 1 N–H and O–H groups in total. The van der Waals surface area contributed by atoms with Crippen molar-refractivity contribution in [1.82, 2.24) is 15.1 Å². The average Bonchev–Trinajstić information content (AvgIpc) is 2.76. The van der Waals surface area contributed by atoms with E-state index in [1.165, 1.54) is 13.0 Å². The van der Waals surface area contributed by atoms with E-state index in [4.69, 9.17) is 0 Å². The second kappa shape index (κ2) is 6.71. The fourth-order valence-corrected chi connectivity index (χ4v) is 3.50. The van der Waals surface area contributed by atoms with E-state index in [1.807, 2.05) is 0 Å². The maximum atomic E-state index is 12.5. The van der Waals surface area contributed by atoms with E-state index < -0.39 is 0 Å². The summed E-state index contributed by atoms with van der Waals surface area (Å²) in [6.07, 6.45) is 5.68. The molecule has 2 fully saturated rings. The molecule has 2 saturated heterocycles. The number of nitrogens with one attached hydrogen (secondary N) is 1. The number of carbonyl (C=O) groups is 1. The summed E-state index contributed by atoms with van der Waals surface area (Å²) in [4.78, 5) is 17.2. The van der Waals surface area contributed by atoms with E-state index in [2.05, 4.69) is 35.9 Å². The lowest BCUT2D eigenvalue weighted by molar-refractivity contribution is -0.133. The van der Waals surface area contributed by atoms with Gasteiger partial charge in [0.25, 0.3) is 0 Å². The molecule has 2 aliphatic heterocycles. The highest BCUT2D eigenvalue weighted by Crippen LogP contribution is 2.25. The van der Waals surface area contributed by atoms with Gasteiger partial charge >= 0.3 is 0 Å². The molecule has 0 spiro atoms. The van der Waals surface area contributed by atoms with Crippen LogP contribution in [0.1, 0.15) is 52.9 Å². The summed E-state index contributed by atoms with van der Waals surface area (Å²) in [5, 5.41) is 3.49. The average molecular weight is 267 g/mol. The fraction of sp³-hybridized carbons (Fsp3) is 0.933. The summed E-state index contributed by atoms with van der Waals surface area (Å²) in [6.45, 7) is 10.00. The number of carbonyl (C=O) groups excluding carboxylic acids is 1. The predicted octanol–water partition coefficient (Wildman–Crippen LogP) is 1.81. The fourth-order valence-electron chi connectivity index (χ4n) is 3.50. The molecule has 4 heteroatoms. The molecule has 2 unspecified atom stereocenters. The minimum Gasteiger partial charge on any atom is -0.323 e. The normalized spacial score (nSPS) is 30.3. The van der Waals surface area contributed by atoms with Crippen molar-refractivity contribution in [2.24, 2.45) is 0 Å². The van der Waals surface area contributed by atoms with Crippen LogP contribution >= 0.6 is 0 Å². The van der Waals surface area contributed by atoms with Crippen molar-refractivity contribution in [2.75, 3.05) is 19.6 Å². The highest BCUT2D eigenvalue weighted by molar-refractivity contribution is 5.84. The number of rotatable bonds is 5. The molecule has 110 valence electrons. The smallest absolute Gasteiger partial charge is 0.241 e. The first kappa shape index (κ1) is 14.8. The SMILES string of the molecule is CCCN1CCC(N2C(=O)C(CC)NC2CC)CC1. The summed E-state index contributed by atoms with van der Waals surface area (Å²) in [5.74, 6) is 0.336. The van der Waals surface area contributed by atoms with Crippen LogP contribution in [-0.2, 0) is 4.79 Å². The van der Waals surface area contributed by atoms with Crippen LogP contribution < -0.4 is 5.32 Å². The largest absolute Gasteiger partial charge is 0.323 e. The van der Waals surface area contributed by atoms with E-state index in [0.717, 1.165) is 38.8 Å². The summed E-state index contributed by atoms with van der Waals surface area (Å²) in [5.41, 5.74) is 0. The molecule has 0 saturated carbocycles. The number of hydrogen-bond acceptors (Lipinski definition) is 3. The predicted molar refractivity (Wildman–Crippen MR) is 77.9 cm³/mol. The first-order valence-electron chi connectivity index (χ1n) is 8.01. The highest BCUT2D eigenvalue weighted by atomic mass is 16.2. The van der Waals surface area contributed by atoms with Gasteiger partial charge in [-0.15, -0.1) is 0 Å². The lowest BCUT2D eigenvalue weighted by atomic mass is 10.0. The number of likely N-dealkylation sites (tertiary alicyclic amines) is 1. The Bertz CT molecular complexity index is 300. The number of nitrogens with zero attached hydrogens (tertiary/aromatic N) is 2. The van der Waals surface area contributed by atoms with Gasteiger partial charge in [-0.2, -0.15) is 0 Å². The molecule has 0 aliphatic carbocycles. The molecular formula is C15H29N3O. The molecule has 1 amide bonds. The van der Waals surface area contributed by atoms with E-state index in [9.17, 15) is 4.79 Å². The molecule has 2 heterocycles. The number of piperidine rings is 1. The van der Waals surface area contributed by atoms with E-state index in [-0.39, 0.29) is 12.2 Å². The van der Waals surface area contributed by atoms with Crippen LogP contribution in [0.2, 0.25) is 0 Å². The topological polar surface area (TPSA) is 35.6 Å². The maximum absolute atomic E-state index is 12.5. The van der Waals surface area contributed by atoms with Crippen molar-refractivity contribution in [3.63, 3.8) is 0 Å². The molecule has 0 aromatic heterocycles. The van der Waals surface area contributed by atoms with Gasteiger partial charge in [0, 0.05) is 19.1 Å². The Labute approximate surface area is 117 Å². The molecule has 0 radical (unpaired) electrons. The lowest BCUT2D eigenvalue weighted by Gasteiger charge is -2.39. The van der Waals surface area contributed by atoms with Gasteiger partial charge in [0.05, 0.1) is 12.2 Å². The zero-order valence-electron chi connectivity index (χ0n) is 12.7.